The Morgan fingerprint density at radius 1 is 1.30 bits per heavy atom. The van der Waals surface area contributed by atoms with Crippen LogP contribution in [0, 0.1) is 6.92 Å². The minimum atomic E-state index is -2.60. The molecule has 6 heteroatoms. The van der Waals surface area contributed by atoms with Crippen molar-refractivity contribution in [1.82, 2.24) is 14.5 Å². The van der Waals surface area contributed by atoms with Gasteiger partial charge in [0.15, 0.2) is 0 Å². The van der Waals surface area contributed by atoms with E-state index in [4.69, 9.17) is 0 Å². The second-order valence-corrected chi connectivity index (χ2v) is 5.29. The molecule has 102 valence electrons. The highest BCUT2D eigenvalue weighted by Crippen LogP contribution is 2.31. The predicted molar refractivity (Wildman–Crippen MR) is 76.3 cm³/mol. The Kier molecular flexibility index (Phi) is 3.25. The van der Waals surface area contributed by atoms with Crippen LogP contribution in [0.3, 0.4) is 0 Å². The highest BCUT2D eigenvalue weighted by Gasteiger charge is 2.18. The molecule has 0 saturated heterocycles. The number of nitrogens with zero attached hydrogens (tertiary/aromatic N) is 3. The third-order valence-electron chi connectivity index (χ3n) is 3.01. The van der Waals surface area contributed by atoms with Crippen LogP contribution in [-0.2, 0) is 0 Å². The smallest absolute Gasteiger partial charge is 0.267 e. The van der Waals surface area contributed by atoms with Gasteiger partial charge in [-0.1, -0.05) is 22.0 Å². The molecule has 0 radical (unpaired) electrons. The fourth-order valence-electron chi connectivity index (χ4n) is 2.07. The number of benzene rings is 1. The maximum atomic E-state index is 13.3. The molecule has 0 aliphatic rings. The molecule has 0 saturated carbocycles. The molecule has 0 aliphatic carbocycles. The standard InChI is InChI=1S/C14H10BrF2N3/c1-8-6-20(7-18-8)14-10(13(16)17)5-9-11(15)3-2-4-12(9)19-14/h2-7,13H,1H3. The number of fused-ring (bicyclic) bond motifs is 1. The van der Waals surface area contributed by atoms with E-state index in [-0.39, 0.29) is 11.4 Å². The van der Waals surface area contributed by atoms with Crippen molar-refractivity contribution in [3.8, 4) is 5.82 Å². The predicted octanol–water partition coefficient (Wildman–Crippen LogP) is 4.43. The molecule has 2 heterocycles. The van der Waals surface area contributed by atoms with Crippen molar-refractivity contribution in [2.24, 2.45) is 0 Å². The first-order chi connectivity index (χ1) is 9.56. The van der Waals surface area contributed by atoms with Gasteiger partial charge < -0.3 is 0 Å². The van der Waals surface area contributed by atoms with Gasteiger partial charge >= 0.3 is 0 Å². The minimum absolute atomic E-state index is 0.109. The van der Waals surface area contributed by atoms with Gasteiger partial charge in [-0.2, -0.15) is 0 Å². The first kappa shape index (κ1) is 13.2. The van der Waals surface area contributed by atoms with Crippen molar-refractivity contribution in [2.75, 3.05) is 0 Å². The molecule has 3 aromatic rings. The number of hydrogen-bond acceptors (Lipinski definition) is 2. The molecule has 0 aliphatic heterocycles. The van der Waals surface area contributed by atoms with Gasteiger partial charge in [0, 0.05) is 16.1 Å². The van der Waals surface area contributed by atoms with E-state index in [0.717, 1.165) is 10.2 Å². The summed E-state index contributed by atoms with van der Waals surface area (Å²) < 4.78 is 28.9. The van der Waals surface area contributed by atoms with Crippen molar-refractivity contribution < 1.29 is 8.78 Å². The lowest BCUT2D eigenvalue weighted by atomic mass is 10.1. The van der Waals surface area contributed by atoms with E-state index >= 15 is 0 Å². The lowest BCUT2D eigenvalue weighted by Gasteiger charge is -2.11. The first-order valence-corrected chi connectivity index (χ1v) is 6.74. The van der Waals surface area contributed by atoms with Gasteiger partial charge in [-0.15, -0.1) is 0 Å². The second-order valence-electron chi connectivity index (χ2n) is 4.43. The quantitative estimate of drug-likeness (QED) is 0.692. The summed E-state index contributed by atoms with van der Waals surface area (Å²) in [7, 11) is 0. The maximum Gasteiger partial charge on any atom is 0.267 e. The lowest BCUT2D eigenvalue weighted by Crippen LogP contribution is -2.02. The van der Waals surface area contributed by atoms with Gasteiger partial charge in [0.1, 0.15) is 12.1 Å². The minimum Gasteiger partial charge on any atom is -0.290 e. The molecule has 0 amide bonds. The Bertz CT molecular complexity index is 783. The van der Waals surface area contributed by atoms with Crippen LogP contribution in [0.15, 0.2) is 41.3 Å². The molecule has 0 N–H and O–H groups in total. The van der Waals surface area contributed by atoms with Crippen LogP contribution in [0.4, 0.5) is 8.78 Å². The van der Waals surface area contributed by atoms with Gasteiger partial charge in [0.05, 0.1) is 16.8 Å². The van der Waals surface area contributed by atoms with E-state index in [1.54, 1.807) is 25.3 Å². The summed E-state index contributed by atoms with van der Waals surface area (Å²) in [5.41, 5.74) is 1.30. The van der Waals surface area contributed by atoms with E-state index in [2.05, 4.69) is 25.9 Å². The molecule has 0 atom stereocenters. The monoisotopic (exact) mass is 337 g/mol. The molecule has 3 rings (SSSR count). The molecule has 0 unspecified atom stereocenters. The largest absolute Gasteiger partial charge is 0.290 e. The molecular weight excluding hydrogens is 328 g/mol. The highest BCUT2D eigenvalue weighted by atomic mass is 79.9. The van der Waals surface area contributed by atoms with Gasteiger partial charge in [0.2, 0.25) is 0 Å². The number of aromatic nitrogens is 3. The summed E-state index contributed by atoms with van der Waals surface area (Å²) in [6, 6.07) is 6.90. The second kappa shape index (κ2) is 4.94. The summed E-state index contributed by atoms with van der Waals surface area (Å²) >= 11 is 3.36. The molecule has 20 heavy (non-hydrogen) atoms. The Morgan fingerprint density at radius 2 is 2.10 bits per heavy atom. The van der Waals surface area contributed by atoms with Crippen LogP contribution in [-0.4, -0.2) is 14.5 Å². The van der Waals surface area contributed by atoms with Crippen molar-refractivity contribution in [1.29, 1.82) is 0 Å². The fraction of sp³-hybridized carbons (Fsp3) is 0.143. The summed E-state index contributed by atoms with van der Waals surface area (Å²) in [4.78, 5) is 8.41. The summed E-state index contributed by atoms with van der Waals surface area (Å²) in [5.74, 6) is 0.214. The Hall–Kier alpha value is -1.82. The molecule has 0 fully saturated rings. The Labute approximate surface area is 122 Å². The zero-order valence-corrected chi connectivity index (χ0v) is 12.1. The fourth-order valence-corrected chi connectivity index (χ4v) is 2.54. The molecule has 2 aromatic heterocycles. The van der Waals surface area contributed by atoms with E-state index < -0.39 is 6.43 Å². The number of alkyl halides is 2. The zero-order valence-electron chi connectivity index (χ0n) is 10.5. The van der Waals surface area contributed by atoms with Crippen LogP contribution in [0.2, 0.25) is 0 Å². The summed E-state index contributed by atoms with van der Waals surface area (Å²) in [6.07, 6.45) is 0.572. The number of hydrogen-bond donors (Lipinski definition) is 0. The van der Waals surface area contributed by atoms with Crippen molar-refractivity contribution >= 4 is 26.8 Å². The average Bonchev–Trinajstić information content (AvgIpc) is 2.84. The molecule has 0 bridgehead atoms. The van der Waals surface area contributed by atoms with E-state index in [1.165, 1.54) is 17.0 Å². The Morgan fingerprint density at radius 3 is 2.75 bits per heavy atom. The third-order valence-corrected chi connectivity index (χ3v) is 3.70. The number of imidazole rings is 1. The number of pyridine rings is 1. The van der Waals surface area contributed by atoms with Crippen molar-refractivity contribution in [3.05, 3.63) is 52.5 Å². The molecular formula is C14H10BrF2N3. The van der Waals surface area contributed by atoms with Crippen LogP contribution >= 0.6 is 15.9 Å². The van der Waals surface area contributed by atoms with Crippen LogP contribution in [0.1, 0.15) is 17.7 Å². The SMILES string of the molecule is Cc1cn(-c2nc3cccc(Br)c3cc2C(F)F)cn1. The number of aryl methyl sites for hydroxylation is 1. The van der Waals surface area contributed by atoms with E-state index in [0.29, 0.717) is 10.9 Å². The number of rotatable bonds is 2. The third kappa shape index (κ3) is 2.20. The van der Waals surface area contributed by atoms with E-state index in [9.17, 15) is 8.78 Å². The Balaban J connectivity index is 2.32. The summed E-state index contributed by atoms with van der Waals surface area (Å²) in [5, 5.41) is 0.670. The van der Waals surface area contributed by atoms with Crippen LogP contribution in [0.25, 0.3) is 16.7 Å². The van der Waals surface area contributed by atoms with Crippen LogP contribution in [0.5, 0.6) is 0 Å². The molecule has 1 aromatic carbocycles. The first-order valence-electron chi connectivity index (χ1n) is 5.94. The topological polar surface area (TPSA) is 30.7 Å². The van der Waals surface area contributed by atoms with Crippen molar-refractivity contribution in [3.63, 3.8) is 0 Å². The molecule has 0 spiro atoms. The number of halogens is 3. The van der Waals surface area contributed by atoms with Crippen molar-refractivity contribution in [2.45, 2.75) is 13.3 Å². The molecule has 3 nitrogen and oxygen atoms in total. The lowest BCUT2D eigenvalue weighted by molar-refractivity contribution is 0.151. The van der Waals surface area contributed by atoms with Gasteiger partial charge in [0.25, 0.3) is 6.43 Å². The maximum absolute atomic E-state index is 13.3. The van der Waals surface area contributed by atoms with Gasteiger partial charge in [-0.3, -0.25) is 4.57 Å². The highest BCUT2D eigenvalue weighted by molar-refractivity contribution is 9.10. The zero-order chi connectivity index (χ0) is 14.3. The van der Waals surface area contributed by atoms with Crippen LogP contribution < -0.4 is 0 Å². The summed E-state index contributed by atoms with van der Waals surface area (Å²) in [6.45, 7) is 1.80. The normalized spacial score (nSPS) is 11.4. The average molecular weight is 338 g/mol. The van der Waals surface area contributed by atoms with Gasteiger partial charge in [-0.05, 0) is 25.1 Å². The van der Waals surface area contributed by atoms with Gasteiger partial charge in [-0.25, -0.2) is 18.7 Å². The van der Waals surface area contributed by atoms with E-state index in [1.807, 2.05) is 6.07 Å².